The maximum Gasteiger partial charge on any atom is 0.0402 e. The first-order chi connectivity index (χ1) is 17.7. The number of anilines is 4. The van der Waals surface area contributed by atoms with Gasteiger partial charge < -0.3 is 22.9 Å². The van der Waals surface area contributed by atoms with Gasteiger partial charge >= 0.3 is 0 Å². The van der Waals surface area contributed by atoms with E-state index in [1.807, 2.05) is 0 Å². The van der Waals surface area contributed by atoms with Gasteiger partial charge in [0.2, 0.25) is 0 Å². The predicted molar refractivity (Wildman–Crippen MR) is 164 cm³/mol. The molecule has 0 aromatic heterocycles. The van der Waals surface area contributed by atoms with Gasteiger partial charge in [0, 0.05) is 28.7 Å². The van der Waals surface area contributed by atoms with Crippen molar-refractivity contribution in [2.24, 2.45) is 0 Å². The molecule has 0 heterocycles. The summed E-state index contributed by atoms with van der Waals surface area (Å²) in [6, 6.07) is 9.25. The van der Waals surface area contributed by atoms with Crippen LogP contribution in [0.25, 0.3) is 0 Å². The molecule has 0 radical (unpaired) electrons. The second kappa shape index (κ2) is 11.9. The summed E-state index contributed by atoms with van der Waals surface area (Å²) in [5.41, 5.74) is 42.6. The summed E-state index contributed by atoms with van der Waals surface area (Å²) in [5, 5.41) is 0. The van der Waals surface area contributed by atoms with Crippen molar-refractivity contribution < 1.29 is 0 Å². The number of rotatable bonds is 10. The lowest BCUT2D eigenvalue weighted by molar-refractivity contribution is 0.888. The summed E-state index contributed by atoms with van der Waals surface area (Å²) in [6.45, 7) is 15.3. The van der Waals surface area contributed by atoms with Gasteiger partial charge in [0.15, 0.2) is 0 Å². The van der Waals surface area contributed by atoms with Crippen LogP contribution in [0.4, 0.5) is 22.7 Å². The van der Waals surface area contributed by atoms with Gasteiger partial charge in [0.25, 0.3) is 0 Å². The van der Waals surface area contributed by atoms with E-state index in [0.29, 0.717) is 0 Å². The van der Waals surface area contributed by atoms with Crippen LogP contribution < -0.4 is 22.9 Å². The van der Waals surface area contributed by atoms with Gasteiger partial charge in [0.05, 0.1) is 0 Å². The molecule has 0 aliphatic heterocycles. The average Bonchev–Trinajstić information content (AvgIpc) is 2.90. The maximum atomic E-state index is 6.88. The Bertz CT molecular complexity index is 1130. The summed E-state index contributed by atoms with van der Waals surface area (Å²) < 4.78 is 0. The van der Waals surface area contributed by atoms with Crippen molar-refractivity contribution >= 4 is 22.7 Å². The molecule has 0 bridgehead atoms. The van der Waals surface area contributed by atoms with Gasteiger partial charge in [-0.2, -0.15) is 0 Å². The van der Waals surface area contributed by atoms with E-state index in [0.717, 1.165) is 73.3 Å². The van der Waals surface area contributed by atoms with Gasteiger partial charge in [-0.3, -0.25) is 0 Å². The molecule has 3 rings (SSSR count). The van der Waals surface area contributed by atoms with Crippen LogP contribution in [0.2, 0.25) is 0 Å². The molecule has 3 aromatic rings. The second-order valence-corrected chi connectivity index (χ2v) is 10.1. The van der Waals surface area contributed by atoms with Crippen molar-refractivity contribution in [2.75, 3.05) is 22.9 Å². The van der Waals surface area contributed by atoms with Gasteiger partial charge in [0.1, 0.15) is 0 Å². The van der Waals surface area contributed by atoms with E-state index in [1.54, 1.807) is 0 Å². The fraction of sp³-hybridized carbons (Fsp3) is 0.455. The van der Waals surface area contributed by atoms with Crippen LogP contribution in [0.15, 0.2) is 24.3 Å². The Hall–Kier alpha value is -3.14. The van der Waals surface area contributed by atoms with Gasteiger partial charge in [-0.1, -0.05) is 72.7 Å². The Labute approximate surface area is 224 Å². The quantitative estimate of drug-likeness (QED) is 0.175. The van der Waals surface area contributed by atoms with Crippen LogP contribution in [0.3, 0.4) is 0 Å². The Balaban J connectivity index is 2.56. The molecular formula is C33H48N4. The van der Waals surface area contributed by atoms with Crippen molar-refractivity contribution in [1.82, 2.24) is 0 Å². The molecule has 0 saturated heterocycles. The van der Waals surface area contributed by atoms with E-state index in [-0.39, 0.29) is 5.92 Å². The van der Waals surface area contributed by atoms with Gasteiger partial charge in [-0.05, 0) is 101 Å². The fourth-order valence-electron chi connectivity index (χ4n) is 6.11. The second-order valence-electron chi connectivity index (χ2n) is 10.1. The molecule has 0 spiro atoms. The van der Waals surface area contributed by atoms with Crippen molar-refractivity contribution in [2.45, 2.75) is 99.3 Å². The molecule has 37 heavy (non-hydrogen) atoms. The molecule has 0 aliphatic rings. The highest BCUT2D eigenvalue weighted by Crippen LogP contribution is 2.45. The van der Waals surface area contributed by atoms with Crippen molar-refractivity contribution in [3.63, 3.8) is 0 Å². The molecule has 0 amide bonds. The third-order valence-electron chi connectivity index (χ3n) is 8.24. The van der Waals surface area contributed by atoms with E-state index >= 15 is 0 Å². The molecule has 0 unspecified atom stereocenters. The minimum Gasteiger partial charge on any atom is -0.398 e. The van der Waals surface area contributed by atoms with Crippen LogP contribution in [-0.2, 0) is 44.9 Å². The SMILES string of the molecule is CCc1cc(C(c2cc(CC)c(N)c(CC)c2)c2c(CC)c(N)c(CC)c(N)c2CC)cc(CC)c1N. The van der Waals surface area contributed by atoms with Crippen LogP contribution in [0.5, 0.6) is 0 Å². The average molecular weight is 501 g/mol. The minimum absolute atomic E-state index is 0.00666. The van der Waals surface area contributed by atoms with Crippen molar-refractivity contribution in [3.05, 3.63) is 79.9 Å². The molecule has 0 fully saturated rings. The van der Waals surface area contributed by atoms with Crippen LogP contribution in [-0.4, -0.2) is 0 Å². The smallest absolute Gasteiger partial charge is 0.0402 e. The van der Waals surface area contributed by atoms with Crippen molar-refractivity contribution in [1.29, 1.82) is 0 Å². The third kappa shape index (κ3) is 5.03. The Morgan fingerprint density at radius 1 is 0.432 bits per heavy atom. The molecule has 8 N–H and O–H groups in total. The van der Waals surface area contributed by atoms with E-state index in [4.69, 9.17) is 22.9 Å². The normalized spacial score (nSPS) is 11.5. The Kier molecular flexibility index (Phi) is 9.17. The summed E-state index contributed by atoms with van der Waals surface area (Å²) in [4.78, 5) is 0. The summed E-state index contributed by atoms with van der Waals surface area (Å²) in [6.07, 6.45) is 6.09. The summed E-state index contributed by atoms with van der Waals surface area (Å²) >= 11 is 0. The first-order valence-electron chi connectivity index (χ1n) is 14.3. The first kappa shape index (κ1) is 28.4. The molecule has 3 aromatic carbocycles. The number of benzene rings is 3. The highest BCUT2D eigenvalue weighted by molar-refractivity contribution is 5.75. The van der Waals surface area contributed by atoms with Crippen molar-refractivity contribution in [3.8, 4) is 0 Å². The number of hydrogen-bond acceptors (Lipinski definition) is 4. The lowest BCUT2D eigenvalue weighted by atomic mass is 9.75. The molecular weight excluding hydrogens is 452 g/mol. The van der Waals surface area contributed by atoms with Crippen LogP contribution >= 0.6 is 0 Å². The monoisotopic (exact) mass is 500 g/mol. The topological polar surface area (TPSA) is 104 Å². The largest absolute Gasteiger partial charge is 0.398 e. The highest BCUT2D eigenvalue weighted by Gasteiger charge is 2.29. The standard InChI is InChI=1S/C33H48N4/c1-8-19-15-23(16-20(9-2)30(19)34)28(24-17-21(10-3)31(35)22(11-4)18-24)29-25(12-5)32(36)27(14-7)33(37)26(29)13-6/h15-18,28H,8-14,34-37H2,1-7H3. The van der Waals surface area contributed by atoms with E-state index in [1.165, 1.54) is 50.1 Å². The highest BCUT2D eigenvalue weighted by atomic mass is 14.7. The van der Waals surface area contributed by atoms with Gasteiger partial charge in [-0.25, -0.2) is 0 Å². The van der Waals surface area contributed by atoms with E-state index < -0.39 is 0 Å². The van der Waals surface area contributed by atoms with Crippen LogP contribution in [0, 0.1) is 0 Å². The van der Waals surface area contributed by atoms with E-state index in [2.05, 4.69) is 72.7 Å². The zero-order valence-corrected chi connectivity index (χ0v) is 24.1. The maximum absolute atomic E-state index is 6.88. The van der Waals surface area contributed by atoms with E-state index in [9.17, 15) is 0 Å². The number of aryl methyl sites for hydroxylation is 4. The first-order valence-corrected chi connectivity index (χ1v) is 14.3. The molecule has 0 saturated carbocycles. The number of nitrogen functional groups attached to an aromatic ring is 4. The van der Waals surface area contributed by atoms with Gasteiger partial charge in [-0.15, -0.1) is 0 Å². The molecule has 4 heteroatoms. The summed E-state index contributed by atoms with van der Waals surface area (Å²) in [5.74, 6) is -0.00666. The Morgan fingerprint density at radius 3 is 0.973 bits per heavy atom. The zero-order chi connectivity index (χ0) is 27.4. The minimum atomic E-state index is -0.00666. The number of nitrogens with two attached hydrogens (primary N) is 4. The van der Waals surface area contributed by atoms with Crippen LogP contribution in [0.1, 0.15) is 110 Å². The molecule has 0 aliphatic carbocycles. The fourth-order valence-corrected chi connectivity index (χ4v) is 6.11. The molecule has 4 nitrogen and oxygen atoms in total. The summed E-state index contributed by atoms with van der Waals surface area (Å²) in [7, 11) is 0. The molecule has 0 atom stereocenters. The lowest BCUT2D eigenvalue weighted by Crippen LogP contribution is -2.17. The molecule has 200 valence electrons. The third-order valence-corrected chi connectivity index (χ3v) is 8.24. The lowest BCUT2D eigenvalue weighted by Gasteiger charge is -2.30. The predicted octanol–water partition coefficient (Wildman–Crippen LogP) is 7.13. The number of hydrogen-bond donors (Lipinski definition) is 4. The zero-order valence-electron chi connectivity index (χ0n) is 24.1. The Morgan fingerprint density at radius 2 is 0.730 bits per heavy atom.